The molecule has 0 unspecified atom stereocenters. The first-order chi connectivity index (χ1) is 13.8. The summed E-state index contributed by atoms with van der Waals surface area (Å²) < 4.78 is 16.9. The highest BCUT2D eigenvalue weighted by atomic mass is 28.4. The normalized spacial score (nSPS) is 14.8. The largest absolute Gasteiger partial charge is 0.405 e. The summed E-state index contributed by atoms with van der Waals surface area (Å²) in [6.45, 7) is 6.55. The quantitative estimate of drug-likeness (QED) is 0.458. The molecule has 0 fully saturated rings. The van der Waals surface area contributed by atoms with E-state index in [2.05, 4.69) is 45.0 Å². The van der Waals surface area contributed by atoms with E-state index in [0.29, 0.717) is 0 Å². The molecule has 0 aliphatic carbocycles. The van der Waals surface area contributed by atoms with Crippen LogP contribution < -0.4 is 10.4 Å². The van der Waals surface area contributed by atoms with Gasteiger partial charge in [-0.1, -0.05) is 81.4 Å². The van der Waals surface area contributed by atoms with Crippen LogP contribution in [-0.2, 0) is 13.9 Å². The first-order valence-corrected chi connectivity index (χ1v) is 11.8. The lowest BCUT2D eigenvalue weighted by Crippen LogP contribution is -2.67. The second kappa shape index (κ2) is 10.5. The molecule has 2 aromatic carbocycles. The molecule has 0 spiro atoms. The van der Waals surface area contributed by atoms with Crippen molar-refractivity contribution in [2.75, 3.05) is 20.8 Å². The summed E-state index contributed by atoms with van der Waals surface area (Å²) in [5.41, 5.74) is 0. The van der Waals surface area contributed by atoms with Crippen molar-refractivity contribution in [2.24, 2.45) is 0 Å². The van der Waals surface area contributed by atoms with Gasteiger partial charge in [0.15, 0.2) is 6.29 Å². The van der Waals surface area contributed by atoms with Gasteiger partial charge in [0.05, 0.1) is 12.7 Å². The van der Waals surface area contributed by atoms with Gasteiger partial charge in [0.2, 0.25) is 0 Å². The summed E-state index contributed by atoms with van der Waals surface area (Å²) >= 11 is 0. The van der Waals surface area contributed by atoms with Crippen molar-refractivity contribution >= 4 is 18.7 Å². The smallest absolute Gasteiger partial charge is 0.261 e. The van der Waals surface area contributed by atoms with Crippen LogP contribution in [0.3, 0.4) is 0 Å². The molecule has 0 aliphatic heterocycles. The highest BCUT2D eigenvalue weighted by Crippen LogP contribution is 2.36. The number of methoxy groups -OCH3 is 2. The van der Waals surface area contributed by atoms with Crippen LogP contribution in [0.15, 0.2) is 60.7 Å². The van der Waals surface area contributed by atoms with E-state index in [0.717, 1.165) is 10.4 Å². The Balaban J connectivity index is 2.36. The van der Waals surface area contributed by atoms with E-state index in [-0.39, 0.29) is 18.1 Å². The molecule has 6 heteroatoms. The zero-order valence-corrected chi connectivity index (χ0v) is 19.0. The number of benzene rings is 2. The monoisotopic (exact) mass is 418 g/mol. The summed E-state index contributed by atoms with van der Waals surface area (Å²) in [6, 6.07) is 20.4. The highest BCUT2D eigenvalue weighted by Gasteiger charge is 2.50. The van der Waals surface area contributed by atoms with Crippen LogP contribution in [0.1, 0.15) is 27.2 Å². The maximum absolute atomic E-state index is 10.6. The minimum absolute atomic E-state index is 0.0224. The molecule has 0 aromatic heterocycles. The fraction of sp³-hybridized carbons (Fsp3) is 0.478. The highest BCUT2D eigenvalue weighted by molar-refractivity contribution is 6.99. The summed E-state index contributed by atoms with van der Waals surface area (Å²) in [7, 11) is 0.264. The molecule has 0 aliphatic rings. The maximum Gasteiger partial charge on any atom is 0.261 e. The molecule has 0 radical (unpaired) electrons. The van der Waals surface area contributed by atoms with Gasteiger partial charge in [-0.15, -0.1) is 0 Å². The fourth-order valence-electron chi connectivity index (χ4n) is 3.73. The Morgan fingerprint density at radius 2 is 1.24 bits per heavy atom. The van der Waals surface area contributed by atoms with Crippen molar-refractivity contribution in [3.8, 4) is 0 Å². The van der Waals surface area contributed by atoms with Crippen LogP contribution in [0.2, 0.25) is 5.04 Å². The molecule has 2 N–H and O–H groups in total. The standard InChI is InChI=1S/C23H34O5Si/c1-23(2,3)29(18-12-8-6-9-13-18,19-14-10-7-11-15-19)28-17-21(25)20(24)16-22(26-4)27-5/h6-15,20-22,24-25H,16-17H2,1-5H3/t20-,21-/m1/s1. The summed E-state index contributed by atoms with van der Waals surface area (Å²) in [6.07, 6.45) is -2.48. The third-order valence-electron chi connectivity index (χ3n) is 5.29. The second-order valence-corrected chi connectivity index (χ2v) is 12.6. The van der Waals surface area contributed by atoms with E-state index in [9.17, 15) is 10.2 Å². The lowest BCUT2D eigenvalue weighted by atomic mass is 10.1. The zero-order valence-electron chi connectivity index (χ0n) is 18.0. The third-order valence-corrected chi connectivity index (χ3v) is 10.3. The fourth-order valence-corrected chi connectivity index (χ4v) is 8.30. The van der Waals surface area contributed by atoms with Crippen molar-refractivity contribution in [3.05, 3.63) is 60.7 Å². The van der Waals surface area contributed by atoms with Crippen LogP contribution in [-0.4, -0.2) is 57.9 Å². The molecule has 160 valence electrons. The molecular formula is C23H34O5Si. The Labute approximate surface area is 175 Å². The van der Waals surface area contributed by atoms with Crippen LogP contribution in [0.5, 0.6) is 0 Å². The Kier molecular flexibility index (Phi) is 8.57. The topological polar surface area (TPSA) is 68.2 Å². The van der Waals surface area contributed by atoms with Crippen LogP contribution in [0.4, 0.5) is 0 Å². The van der Waals surface area contributed by atoms with Gasteiger partial charge in [0, 0.05) is 20.6 Å². The Morgan fingerprint density at radius 3 is 1.62 bits per heavy atom. The van der Waals surface area contributed by atoms with Gasteiger partial charge in [-0.3, -0.25) is 0 Å². The predicted molar refractivity (Wildman–Crippen MR) is 118 cm³/mol. The van der Waals surface area contributed by atoms with E-state index < -0.39 is 26.8 Å². The van der Waals surface area contributed by atoms with E-state index in [1.54, 1.807) is 0 Å². The summed E-state index contributed by atoms with van der Waals surface area (Å²) in [5, 5.41) is 23.1. The van der Waals surface area contributed by atoms with Crippen LogP contribution in [0, 0.1) is 0 Å². The first-order valence-electron chi connectivity index (χ1n) is 9.93. The van der Waals surface area contributed by atoms with Gasteiger partial charge in [0.25, 0.3) is 8.32 Å². The predicted octanol–water partition coefficient (Wildman–Crippen LogP) is 2.29. The minimum Gasteiger partial charge on any atom is -0.405 e. The van der Waals surface area contributed by atoms with Gasteiger partial charge in [0.1, 0.15) is 6.10 Å². The summed E-state index contributed by atoms with van der Waals surface area (Å²) in [4.78, 5) is 0. The van der Waals surface area contributed by atoms with E-state index in [1.165, 1.54) is 14.2 Å². The van der Waals surface area contributed by atoms with Crippen molar-refractivity contribution in [2.45, 2.75) is 50.7 Å². The maximum atomic E-state index is 10.6. The van der Waals surface area contributed by atoms with Crippen LogP contribution >= 0.6 is 0 Å². The lowest BCUT2D eigenvalue weighted by molar-refractivity contribution is -0.137. The summed E-state index contributed by atoms with van der Waals surface area (Å²) in [5.74, 6) is 0. The third kappa shape index (κ3) is 5.54. The molecule has 0 saturated heterocycles. The van der Waals surface area contributed by atoms with Crippen molar-refractivity contribution < 1.29 is 24.1 Å². The van der Waals surface area contributed by atoms with Crippen LogP contribution in [0.25, 0.3) is 0 Å². The van der Waals surface area contributed by atoms with Crippen molar-refractivity contribution in [1.29, 1.82) is 0 Å². The Bertz CT molecular complexity index is 674. The van der Waals surface area contributed by atoms with Gasteiger partial charge in [-0.25, -0.2) is 0 Å². The molecule has 5 nitrogen and oxygen atoms in total. The molecule has 2 rings (SSSR count). The molecule has 0 amide bonds. The minimum atomic E-state index is -2.75. The average Bonchev–Trinajstić information content (AvgIpc) is 2.72. The zero-order chi connectivity index (χ0) is 21.5. The van der Waals surface area contributed by atoms with E-state index >= 15 is 0 Å². The van der Waals surface area contributed by atoms with Crippen molar-refractivity contribution in [3.63, 3.8) is 0 Å². The van der Waals surface area contributed by atoms with Crippen molar-refractivity contribution in [1.82, 2.24) is 0 Å². The SMILES string of the molecule is COC(C[C@@H](O)[C@H](O)CO[Si](c1ccccc1)(c1ccccc1)C(C)(C)C)OC. The van der Waals surface area contributed by atoms with Gasteiger partial charge >= 0.3 is 0 Å². The molecule has 0 bridgehead atoms. The molecule has 0 heterocycles. The Hall–Kier alpha value is -1.54. The second-order valence-electron chi connectivity index (χ2n) is 8.25. The molecule has 2 atom stereocenters. The van der Waals surface area contributed by atoms with Gasteiger partial charge in [-0.05, 0) is 15.4 Å². The number of aliphatic hydroxyl groups is 2. The van der Waals surface area contributed by atoms with Gasteiger partial charge < -0.3 is 24.1 Å². The lowest BCUT2D eigenvalue weighted by Gasteiger charge is -2.43. The number of aliphatic hydroxyl groups excluding tert-OH is 2. The molecule has 29 heavy (non-hydrogen) atoms. The number of hydrogen-bond acceptors (Lipinski definition) is 5. The average molecular weight is 419 g/mol. The van der Waals surface area contributed by atoms with E-state index in [4.69, 9.17) is 13.9 Å². The number of rotatable bonds is 10. The van der Waals surface area contributed by atoms with E-state index in [1.807, 2.05) is 36.4 Å². The number of hydrogen-bond donors (Lipinski definition) is 2. The Morgan fingerprint density at radius 1 is 0.793 bits per heavy atom. The molecular weight excluding hydrogens is 384 g/mol. The van der Waals surface area contributed by atoms with Gasteiger partial charge in [-0.2, -0.15) is 0 Å². The molecule has 0 saturated carbocycles. The number of ether oxygens (including phenoxy) is 2. The molecule has 2 aromatic rings. The first kappa shape index (κ1) is 23.7.